The smallest absolute Gasteiger partial charge is 0.269 e. The van der Waals surface area contributed by atoms with Crippen molar-refractivity contribution in [2.75, 3.05) is 6.54 Å². The zero-order valence-corrected chi connectivity index (χ0v) is 16.7. The number of amides is 2. The highest BCUT2D eigenvalue weighted by atomic mass is 19.2. The number of nitrogens with zero attached hydrogens (tertiary/aromatic N) is 1. The van der Waals surface area contributed by atoms with Gasteiger partial charge in [0.1, 0.15) is 5.82 Å². The molecule has 32 heavy (non-hydrogen) atoms. The Labute approximate surface area is 180 Å². The Morgan fingerprint density at radius 1 is 1.06 bits per heavy atom. The van der Waals surface area contributed by atoms with E-state index >= 15 is 0 Å². The summed E-state index contributed by atoms with van der Waals surface area (Å²) >= 11 is 0. The Balaban J connectivity index is 2.22. The van der Waals surface area contributed by atoms with Gasteiger partial charge in [-0.25, -0.2) is 18.7 Å². The second-order valence-corrected chi connectivity index (χ2v) is 6.75. The first-order valence-electron chi connectivity index (χ1n) is 9.55. The highest BCUT2D eigenvalue weighted by Crippen LogP contribution is 2.24. The molecular weight excluding hydrogens is 431 g/mol. The molecule has 0 saturated heterocycles. The lowest BCUT2D eigenvalue weighted by Crippen LogP contribution is -2.25. The van der Waals surface area contributed by atoms with Crippen molar-refractivity contribution in [2.24, 2.45) is 0 Å². The van der Waals surface area contributed by atoms with Gasteiger partial charge in [0.2, 0.25) is 5.91 Å². The number of nitrogens with one attached hydrogen (secondary N) is 2. The number of hydroxylamine groups is 1. The molecular formula is C21H20F3N3O5. The van der Waals surface area contributed by atoms with Gasteiger partial charge < -0.3 is 5.32 Å². The van der Waals surface area contributed by atoms with Crippen molar-refractivity contribution >= 4 is 29.2 Å². The van der Waals surface area contributed by atoms with Gasteiger partial charge in [0.15, 0.2) is 11.6 Å². The molecule has 3 N–H and O–H groups in total. The van der Waals surface area contributed by atoms with Gasteiger partial charge in [-0.1, -0.05) is 6.42 Å². The lowest BCUT2D eigenvalue weighted by Gasteiger charge is -2.10. The van der Waals surface area contributed by atoms with Gasteiger partial charge in [-0.3, -0.25) is 24.9 Å². The van der Waals surface area contributed by atoms with E-state index in [-0.39, 0.29) is 29.8 Å². The van der Waals surface area contributed by atoms with E-state index in [1.165, 1.54) is 17.6 Å². The highest BCUT2D eigenvalue weighted by molar-refractivity contribution is 6.24. The van der Waals surface area contributed by atoms with E-state index in [4.69, 9.17) is 5.21 Å². The van der Waals surface area contributed by atoms with Crippen LogP contribution in [0.4, 0.5) is 18.9 Å². The van der Waals surface area contributed by atoms with E-state index < -0.39 is 39.8 Å². The molecule has 2 aromatic rings. The zero-order valence-electron chi connectivity index (χ0n) is 16.7. The minimum atomic E-state index is -1.42. The Kier molecular flexibility index (Phi) is 8.90. The SMILES string of the molecule is O=C(CCCCCNC(=O)/C(=C/c1cc(F)cc(F)c1F)c1ccc([N+](=O)[O-])cc1)NO. The van der Waals surface area contributed by atoms with Crippen molar-refractivity contribution < 1.29 is 32.9 Å². The average molecular weight is 451 g/mol. The summed E-state index contributed by atoms with van der Waals surface area (Å²) in [6.45, 7) is 0.184. The number of hydrogen-bond acceptors (Lipinski definition) is 5. The second-order valence-electron chi connectivity index (χ2n) is 6.75. The quantitative estimate of drug-likeness (QED) is 0.0967. The number of non-ortho nitro benzene ring substituents is 1. The summed E-state index contributed by atoms with van der Waals surface area (Å²) in [5, 5.41) is 21.9. The predicted octanol–water partition coefficient (Wildman–Crippen LogP) is 3.73. The molecule has 0 aliphatic rings. The Bertz CT molecular complexity index is 1030. The van der Waals surface area contributed by atoms with Crippen molar-refractivity contribution in [3.8, 4) is 0 Å². The molecule has 0 aromatic heterocycles. The fourth-order valence-corrected chi connectivity index (χ4v) is 2.82. The van der Waals surface area contributed by atoms with E-state index in [1.807, 2.05) is 0 Å². The van der Waals surface area contributed by atoms with Gasteiger partial charge in [0.05, 0.1) is 4.92 Å². The maximum Gasteiger partial charge on any atom is 0.269 e. The van der Waals surface area contributed by atoms with Crippen LogP contribution >= 0.6 is 0 Å². The molecule has 8 nitrogen and oxygen atoms in total. The van der Waals surface area contributed by atoms with E-state index in [9.17, 15) is 32.9 Å². The lowest BCUT2D eigenvalue weighted by molar-refractivity contribution is -0.384. The molecule has 0 saturated carbocycles. The van der Waals surface area contributed by atoms with Crippen LogP contribution in [0.15, 0.2) is 36.4 Å². The van der Waals surface area contributed by atoms with E-state index in [1.54, 1.807) is 0 Å². The van der Waals surface area contributed by atoms with Gasteiger partial charge in [-0.2, -0.15) is 0 Å². The number of carbonyl (C=O) groups is 2. The second kappa shape index (κ2) is 11.6. The van der Waals surface area contributed by atoms with Crippen LogP contribution in [0.1, 0.15) is 36.8 Å². The van der Waals surface area contributed by atoms with Crippen molar-refractivity contribution in [3.63, 3.8) is 0 Å². The van der Waals surface area contributed by atoms with E-state index in [2.05, 4.69) is 5.32 Å². The fraction of sp³-hybridized carbons (Fsp3) is 0.238. The first-order valence-corrected chi connectivity index (χ1v) is 9.55. The summed E-state index contributed by atoms with van der Waals surface area (Å²) in [5.74, 6) is -5.02. The molecule has 170 valence electrons. The molecule has 0 unspecified atom stereocenters. The van der Waals surface area contributed by atoms with Crippen molar-refractivity contribution in [2.45, 2.75) is 25.7 Å². The predicted molar refractivity (Wildman–Crippen MR) is 109 cm³/mol. The molecule has 2 aromatic carbocycles. The van der Waals surface area contributed by atoms with Crippen LogP contribution in [0.25, 0.3) is 11.6 Å². The fourth-order valence-electron chi connectivity index (χ4n) is 2.82. The maximum absolute atomic E-state index is 14.1. The lowest BCUT2D eigenvalue weighted by atomic mass is 10.0. The van der Waals surface area contributed by atoms with Crippen LogP contribution in [0, 0.1) is 27.6 Å². The summed E-state index contributed by atoms with van der Waals surface area (Å²) in [5.41, 5.74) is 0.807. The summed E-state index contributed by atoms with van der Waals surface area (Å²) in [7, 11) is 0. The molecule has 0 heterocycles. The maximum atomic E-state index is 14.1. The number of carbonyl (C=O) groups excluding carboxylic acids is 2. The average Bonchev–Trinajstić information content (AvgIpc) is 2.77. The molecule has 0 bridgehead atoms. The molecule has 0 spiro atoms. The topological polar surface area (TPSA) is 122 Å². The minimum Gasteiger partial charge on any atom is -0.352 e. The number of benzene rings is 2. The number of rotatable bonds is 10. The third kappa shape index (κ3) is 6.91. The number of hydrogen-bond donors (Lipinski definition) is 3. The summed E-state index contributed by atoms with van der Waals surface area (Å²) in [6.07, 6.45) is 2.60. The van der Waals surface area contributed by atoms with Crippen molar-refractivity contribution in [1.82, 2.24) is 10.8 Å². The zero-order chi connectivity index (χ0) is 23.7. The molecule has 2 rings (SSSR count). The highest BCUT2D eigenvalue weighted by Gasteiger charge is 2.17. The van der Waals surface area contributed by atoms with Gasteiger partial charge in [0, 0.05) is 42.3 Å². The van der Waals surface area contributed by atoms with Crippen molar-refractivity contribution in [1.29, 1.82) is 0 Å². The van der Waals surface area contributed by atoms with Gasteiger partial charge in [0.25, 0.3) is 11.6 Å². The van der Waals surface area contributed by atoms with Gasteiger partial charge in [-0.15, -0.1) is 0 Å². The van der Waals surface area contributed by atoms with E-state index in [0.717, 1.165) is 24.3 Å². The minimum absolute atomic E-state index is 0.114. The van der Waals surface area contributed by atoms with Crippen molar-refractivity contribution in [3.05, 3.63) is 75.1 Å². The molecule has 0 radical (unpaired) electrons. The molecule has 0 aliphatic heterocycles. The number of unbranched alkanes of at least 4 members (excludes halogenated alkanes) is 2. The number of halogens is 3. The first-order chi connectivity index (χ1) is 15.2. The molecule has 0 fully saturated rings. The standard InChI is InChI=1S/C21H20F3N3O5/c22-15-10-14(20(24)18(23)12-15)11-17(13-5-7-16(8-6-13)27(31)32)21(29)25-9-3-1-2-4-19(28)26-30/h5-8,10-12,30H,1-4,9H2,(H,25,29)(H,26,28)/b17-11+. The first kappa shape index (κ1) is 24.5. The Morgan fingerprint density at radius 2 is 1.75 bits per heavy atom. The monoisotopic (exact) mass is 451 g/mol. The summed E-state index contributed by atoms with van der Waals surface area (Å²) < 4.78 is 41.2. The summed E-state index contributed by atoms with van der Waals surface area (Å²) in [6, 6.07) is 5.92. The molecule has 0 aliphatic carbocycles. The molecule has 0 atom stereocenters. The Morgan fingerprint density at radius 3 is 2.38 bits per heavy atom. The van der Waals surface area contributed by atoms with Crippen LogP contribution in [0.5, 0.6) is 0 Å². The van der Waals surface area contributed by atoms with Crippen LogP contribution in [-0.4, -0.2) is 28.5 Å². The number of nitro benzene ring substituents is 1. The van der Waals surface area contributed by atoms with Gasteiger partial charge >= 0.3 is 0 Å². The van der Waals surface area contributed by atoms with Crippen LogP contribution in [0.2, 0.25) is 0 Å². The molecule has 11 heteroatoms. The summed E-state index contributed by atoms with van der Waals surface area (Å²) in [4.78, 5) is 33.9. The van der Waals surface area contributed by atoms with Crippen LogP contribution in [-0.2, 0) is 9.59 Å². The Hall–Kier alpha value is -3.73. The van der Waals surface area contributed by atoms with E-state index in [0.29, 0.717) is 25.3 Å². The third-order valence-corrected chi connectivity index (χ3v) is 4.45. The largest absolute Gasteiger partial charge is 0.352 e. The third-order valence-electron chi connectivity index (χ3n) is 4.45. The van der Waals surface area contributed by atoms with Crippen LogP contribution in [0.3, 0.4) is 0 Å². The van der Waals surface area contributed by atoms with Gasteiger partial charge in [-0.05, 0) is 42.7 Å². The normalized spacial score (nSPS) is 11.2. The number of nitro groups is 1. The van der Waals surface area contributed by atoms with Crippen LogP contribution < -0.4 is 10.8 Å². The molecule has 2 amide bonds.